The van der Waals surface area contributed by atoms with Crippen molar-refractivity contribution in [2.45, 2.75) is 33.4 Å². The van der Waals surface area contributed by atoms with E-state index in [4.69, 9.17) is 9.78 Å². The highest BCUT2D eigenvalue weighted by Gasteiger charge is 2.18. The molecular weight excluding hydrogens is 242 g/mol. The Labute approximate surface area is 114 Å². The van der Waals surface area contributed by atoms with Crippen LogP contribution in [0.3, 0.4) is 0 Å². The van der Waals surface area contributed by atoms with Crippen LogP contribution in [0, 0.1) is 6.92 Å². The molecule has 0 spiro atoms. The molecule has 0 aliphatic carbocycles. The molecule has 19 heavy (non-hydrogen) atoms. The quantitative estimate of drug-likeness (QED) is 0.498. The van der Waals surface area contributed by atoms with E-state index in [2.05, 4.69) is 35.1 Å². The van der Waals surface area contributed by atoms with E-state index in [1.807, 2.05) is 13.1 Å². The lowest BCUT2D eigenvalue weighted by Crippen LogP contribution is -2.49. The van der Waals surface area contributed by atoms with Gasteiger partial charge in [0, 0.05) is 31.9 Å². The molecule has 0 amide bonds. The Balaban J connectivity index is 2.02. The monoisotopic (exact) mass is 265 g/mol. The molecule has 1 atom stereocenters. The smallest absolute Gasteiger partial charge is 0.131 e. The average molecular weight is 265 g/mol. The Kier molecular flexibility index (Phi) is 5.13. The van der Waals surface area contributed by atoms with Crippen LogP contribution in [-0.2, 0) is 16.4 Å². The van der Waals surface area contributed by atoms with Gasteiger partial charge in [-0.2, -0.15) is 0 Å². The Morgan fingerprint density at radius 3 is 3.00 bits per heavy atom. The second kappa shape index (κ2) is 6.84. The number of anilines is 1. The van der Waals surface area contributed by atoms with Gasteiger partial charge in [0.05, 0.1) is 6.61 Å². The minimum atomic E-state index is 0.444. The minimum Gasteiger partial charge on any atom is -0.354 e. The summed E-state index contributed by atoms with van der Waals surface area (Å²) in [5, 5.41) is 3.44. The molecule has 2 heterocycles. The molecule has 2 rings (SSSR count). The molecule has 1 aliphatic rings. The van der Waals surface area contributed by atoms with Crippen molar-refractivity contribution < 1.29 is 9.78 Å². The van der Waals surface area contributed by atoms with Crippen LogP contribution in [0.15, 0.2) is 12.3 Å². The molecule has 5 heteroatoms. The van der Waals surface area contributed by atoms with Gasteiger partial charge in [0.2, 0.25) is 0 Å². The average Bonchev–Trinajstić information content (AvgIpc) is 2.39. The molecule has 106 valence electrons. The van der Waals surface area contributed by atoms with Gasteiger partial charge in [-0.1, -0.05) is 0 Å². The fraction of sp³-hybridized carbons (Fsp3) is 0.643. The highest BCUT2D eigenvalue weighted by molar-refractivity contribution is 5.48. The molecule has 0 saturated carbocycles. The zero-order valence-electron chi connectivity index (χ0n) is 12.0. The Hall–Kier alpha value is -1.17. The highest BCUT2D eigenvalue weighted by Crippen LogP contribution is 2.19. The van der Waals surface area contributed by atoms with Gasteiger partial charge in [-0.25, -0.2) is 14.8 Å². The topological polar surface area (TPSA) is 46.6 Å². The molecule has 1 saturated heterocycles. The lowest BCUT2D eigenvalue weighted by atomic mass is 10.1. The van der Waals surface area contributed by atoms with E-state index in [0.717, 1.165) is 31.0 Å². The van der Waals surface area contributed by atoms with Gasteiger partial charge in [-0.05, 0) is 38.0 Å². The normalized spacial score (nSPS) is 19.7. The van der Waals surface area contributed by atoms with Crippen molar-refractivity contribution in [1.29, 1.82) is 0 Å². The maximum atomic E-state index is 5.06. The summed E-state index contributed by atoms with van der Waals surface area (Å²) in [6.07, 6.45) is 1.87. The SMILES string of the molecule is CCOOCc1cnc(N2CCN[C@H](C)C2)c(C)c1. The van der Waals surface area contributed by atoms with Crippen LogP contribution in [0.1, 0.15) is 25.0 Å². The summed E-state index contributed by atoms with van der Waals surface area (Å²) >= 11 is 0. The lowest BCUT2D eigenvalue weighted by molar-refractivity contribution is -0.300. The minimum absolute atomic E-state index is 0.444. The maximum absolute atomic E-state index is 5.06. The Morgan fingerprint density at radius 2 is 2.32 bits per heavy atom. The third kappa shape index (κ3) is 3.89. The van der Waals surface area contributed by atoms with Crippen molar-refractivity contribution in [3.63, 3.8) is 0 Å². The van der Waals surface area contributed by atoms with Crippen molar-refractivity contribution in [2.75, 3.05) is 31.1 Å². The molecule has 0 aromatic carbocycles. The van der Waals surface area contributed by atoms with Crippen LogP contribution in [0.2, 0.25) is 0 Å². The molecule has 0 unspecified atom stereocenters. The van der Waals surface area contributed by atoms with Gasteiger partial charge in [-0.15, -0.1) is 0 Å². The summed E-state index contributed by atoms with van der Waals surface area (Å²) in [5.74, 6) is 1.08. The molecular formula is C14H23N3O2. The van der Waals surface area contributed by atoms with Crippen molar-refractivity contribution in [3.05, 3.63) is 23.4 Å². The summed E-state index contributed by atoms with van der Waals surface area (Å²) < 4.78 is 0. The summed E-state index contributed by atoms with van der Waals surface area (Å²) in [6.45, 7) is 10.2. The predicted molar refractivity (Wildman–Crippen MR) is 75.1 cm³/mol. The number of rotatable bonds is 5. The largest absolute Gasteiger partial charge is 0.354 e. The Morgan fingerprint density at radius 1 is 1.47 bits per heavy atom. The molecule has 1 fully saturated rings. The van der Waals surface area contributed by atoms with Gasteiger partial charge >= 0.3 is 0 Å². The van der Waals surface area contributed by atoms with Crippen LogP contribution in [0.5, 0.6) is 0 Å². The number of aryl methyl sites for hydroxylation is 1. The Bertz CT molecular complexity index is 412. The van der Waals surface area contributed by atoms with E-state index in [9.17, 15) is 0 Å². The third-order valence-electron chi connectivity index (χ3n) is 3.20. The van der Waals surface area contributed by atoms with Gasteiger partial charge in [0.15, 0.2) is 0 Å². The zero-order valence-corrected chi connectivity index (χ0v) is 12.0. The summed E-state index contributed by atoms with van der Waals surface area (Å²) in [5.41, 5.74) is 2.23. The predicted octanol–water partition coefficient (Wildman–Crippen LogP) is 1.66. The molecule has 0 bridgehead atoms. The molecule has 0 radical (unpaired) electrons. The van der Waals surface area contributed by atoms with E-state index >= 15 is 0 Å². The van der Waals surface area contributed by atoms with Crippen LogP contribution in [-0.4, -0.2) is 37.3 Å². The number of nitrogens with one attached hydrogen (secondary N) is 1. The summed E-state index contributed by atoms with van der Waals surface area (Å²) in [4.78, 5) is 16.9. The number of pyridine rings is 1. The van der Waals surface area contributed by atoms with Crippen LogP contribution in [0.25, 0.3) is 0 Å². The van der Waals surface area contributed by atoms with Crippen LogP contribution in [0.4, 0.5) is 5.82 Å². The van der Waals surface area contributed by atoms with Gasteiger partial charge in [0.25, 0.3) is 0 Å². The fourth-order valence-corrected chi connectivity index (χ4v) is 2.35. The highest BCUT2D eigenvalue weighted by atomic mass is 17.2. The number of hydrogen-bond acceptors (Lipinski definition) is 5. The van der Waals surface area contributed by atoms with Crippen molar-refractivity contribution >= 4 is 5.82 Å². The third-order valence-corrected chi connectivity index (χ3v) is 3.20. The van der Waals surface area contributed by atoms with Crippen LogP contribution >= 0.6 is 0 Å². The van der Waals surface area contributed by atoms with Crippen molar-refractivity contribution in [2.24, 2.45) is 0 Å². The maximum Gasteiger partial charge on any atom is 0.131 e. The number of nitrogens with zero attached hydrogens (tertiary/aromatic N) is 2. The first-order valence-electron chi connectivity index (χ1n) is 6.89. The van der Waals surface area contributed by atoms with E-state index < -0.39 is 0 Å². The first-order chi connectivity index (χ1) is 9.20. The first kappa shape index (κ1) is 14.2. The van der Waals surface area contributed by atoms with E-state index in [1.165, 1.54) is 5.56 Å². The molecule has 1 aromatic rings. The van der Waals surface area contributed by atoms with Gasteiger partial charge in [0.1, 0.15) is 12.4 Å². The molecule has 5 nitrogen and oxygen atoms in total. The fourth-order valence-electron chi connectivity index (χ4n) is 2.35. The van der Waals surface area contributed by atoms with Crippen molar-refractivity contribution in [1.82, 2.24) is 10.3 Å². The first-order valence-corrected chi connectivity index (χ1v) is 6.89. The molecule has 1 aliphatic heterocycles. The number of aromatic nitrogens is 1. The van der Waals surface area contributed by atoms with Gasteiger partial charge < -0.3 is 10.2 Å². The molecule has 1 N–H and O–H groups in total. The zero-order chi connectivity index (χ0) is 13.7. The lowest BCUT2D eigenvalue weighted by Gasteiger charge is -2.33. The summed E-state index contributed by atoms with van der Waals surface area (Å²) in [7, 11) is 0. The standard InChI is InChI=1S/C14H23N3O2/c1-4-18-19-10-13-7-11(2)14(16-8-13)17-6-5-15-12(3)9-17/h7-8,12,15H,4-6,9-10H2,1-3H3/t12-/m1/s1. The molecule has 1 aromatic heterocycles. The number of hydrogen-bond donors (Lipinski definition) is 1. The second-order valence-corrected chi connectivity index (χ2v) is 4.95. The van der Waals surface area contributed by atoms with E-state index in [1.54, 1.807) is 0 Å². The second-order valence-electron chi connectivity index (χ2n) is 4.95. The van der Waals surface area contributed by atoms with E-state index in [0.29, 0.717) is 19.3 Å². The van der Waals surface area contributed by atoms with Crippen molar-refractivity contribution in [3.8, 4) is 0 Å². The van der Waals surface area contributed by atoms with Crippen LogP contribution < -0.4 is 10.2 Å². The van der Waals surface area contributed by atoms with Gasteiger partial charge in [-0.3, -0.25) is 0 Å². The summed E-state index contributed by atoms with van der Waals surface area (Å²) in [6, 6.07) is 2.63. The number of piperazine rings is 1. The van der Waals surface area contributed by atoms with E-state index in [-0.39, 0.29) is 0 Å².